The molecule has 0 saturated heterocycles. The van der Waals surface area contributed by atoms with Gasteiger partial charge < -0.3 is 5.73 Å². The molecule has 0 aliphatic heterocycles. The number of sulfonamides is 1. The maximum atomic E-state index is 15.8. The monoisotopic (exact) mass is 557 g/mol. The van der Waals surface area contributed by atoms with E-state index in [9.17, 15) is 21.6 Å². The van der Waals surface area contributed by atoms with Crippen molar-refractivity contribution in [3.8, 4) is 32.4 Å². The highest BCUT2D eigenvalue weighted by Crippen LogP contribution is 2.42. The largest absolute Gasteiger partial charge is 0.368 e. The first-order valence-corrected chi connectivity index (χ1v) is 13.1. The normalized spacial score (nSPS) is 11.5. The molecule has 0 radical (unpaired) electrons. The van der Waals surface area contributed by atoms with Gasteiger partial charge in [0.15, 0.2) is 10.7 Å². The highest BCUT2D eigenvalue weighted by molar-refractivity contribution is 7.92. The Balaban J connectivity index is 1.65. The second-order valence-corrected chi connectivity index (χ2v) is 10.4. The molecule has 0 atom stereocenters. The molecule has 2 aromatic heterocycles. The summed E-state index contributed by atoms with van der Waals surface area (Å²) in [6.07, 6.45) is 1.40. The molecule has 0 fully saturated rings. The lowest BCUT2D eigenvalue weighted by atomic mass is 10.1. The molecule has 0 unspecified atom stereocenters. The van der Waals surface area contributed by atoms with Crippen LogP contribution in [-0.2, 0) is 10.0 Å². The van der Waals surface area contributed by atoms with E-state index in [0.29, 0.717) is 21.1 Å². The molecule has 0 bridgehead atoms. The van der Waals surface area contributed by atoms with Crippen LogP contribution in [-0.4, -0.2) is 23.4 Å². The summed E-state index contributed by atoms with van der Waals surface area (Å²) in [5.41, 5.74) is 5.78. The predicted molar refractivity (Wildman–Crippen MR) is 136 cm³/mol. The summed E-state index contributed by atoms with van der Waals surface area (Å²) in [4.78, 5) is 11.6. The van der Waals surface area contributed by atoms with Gasteiger partial charge in [0.25, 0.3) is 10.0 Å². The molecule has 0 aliphatic carbocycles. The molecular weight excluding hydrogens is 542 g/mol. The van der Waals surface area contributed by atoms with E-state index < -0.39 is 43.9 Å². The molecule has 0 spiro atoms. The number of halogens is 4. The second-order valence-electron chi connectivity index (χ2n) is 7.83. The lowest BCUT2D eigenvalue weighted by Gasteiger charge is -2.12. The van der Waals surface area contributed by atoms with Crippen molar-refractivity contribution in [3.63, 3.8) is 0 Å². The summed E-state index contributed by atoms with van der Waals surface area (Å²) >= 11 is 1.08. The Labute approximate surface area is 217 Å². The standard InChI is InChI=1S/C25H15F4N5O2S2/c26-14-5-1-4-13(12-14)24-33-21(22(37-24)19-10-11-31-25(30)32-19)15-6-2-9-18(20(15)29)34-38(35,36)23-16(27)7-3-8-17(23)28/h1-12,34H,(H2,30,31,32). The van der Waals surface area contributed by atoms with Crippen molar-refractivity contribution in [1.29, 1.82) is 0 Å². The van der Waals surface area contributed by atoms with Crippen molar-refractivity contribution in [3.05, 3.63) is 96.2 Å². The maximum absolute atomic E-state index is 15.8. The molecule has 0 saturated carbocycles. The number of hydrogen-bond donors (Lipinski definition) is 2. The molecular formula is C25H15F4N5O2S2. The summed E-state index contributed by atoms with van der Waals surface area (Å²) in [6.45, 7) is 0. The first-order valence-electron chi connectivity index (χ1n) is 10.8. The van der Waals surface area contributed by atoms with Crippen molar-refractivity contribution >= 4 is 33.0 Å². The van der Waals surface area contributed by atoms with Gasteiger partial charge in [0, 0.05) is 17.3 Å². The average molecular weight is 558 g/mol. The second kappa shape index (κ2) is 9.84. The summed E-state index contributed by atoms with van der Waals surface area (Å²) < 4.78 is 85.4. The van der Waals surface area contributed by atoms with Crippen molar-refractivity contribution in [1.82, 2.24) is 15.0 Å². The van der Waals surface area contributed by atoms with Crippen LogP contribution in [0, 0.1) is 23.3 Å². The van der Waals surface area contributed by atoms with Gasteiger partial charge in [-0.2, -0.15) is 0 Å². The van der Waals surface area contributed by atoms with Crippen LogP contribution in [0.25, 0.3) is 32.4 Å². The van der Waals surface area contributed by atoms with Crippen LogP contribution in [0.15, 0.2) is 77.8 Å². The third-order valence-corrected chi connectivity index (χ3v) is 7.83. The zero-order valence-electron chi connectivity index (χ0n) is 19.0. The van der Waals surface area contributed by atoms with E-state index in [4.69, 9.17) is 5.73 Å². The zero-order chi connectivity index (χ0) is 27.0. The smallest absolute Gasteiger partial charge is 0.267 e. The maximum Gasteiger partial charge on any atom is 0.267 e. The lowest BCUT2D eigenvalue weighted by Crippen LogP contribution is -2.17. The number of hydrogen-bond acceptors (Lipinski definition) is 7. The Morgan fingerprint density at radius 3 is 2.29 bits per heavy atom. The summed E-state index contributed by atoms with van der Waals surface area (Å²) in [6, 6.07) is 13.5. The van der Waals surface area contributed by atoms with Gasteiger partial charge in [0.1, 0.15) is 22.5 Å². The molecule has 3 N–H and O–H groups in total. The lowest BCUT2D eigenvalue weighted by molar-refractivity contribution is 0.521. The van der Waals surface area contributed by atoms with Gasteiger partial charge in [-0.1, -0.05) is 24.3 Å². The number of thiazole rings is 1. The quantitative estimate of drug-likeness (QED) is 0.253. The van der Waals surface area contributed by atoms with E-state index in [1.165, 1.54) is 42.6 Å². The fourth-order valence-electron chi connectivity index (χ4n) is 3.65. The third kappa shape index (κ3) is 4.80. The van der Waals surface area contributed by atoms with Crippen molar-refractivity contribution in [2.24, 2.45) is 0 Å². The minimum atomic E-state index is -4.84. The minimum absolute atomic E-state index is 0.0527. The van der Waals surface area contributed by atoms with Gasteiger partial charge >= 0.3 is 0 Å². The molecule has 5 aromatic rings. The number of nitrogens with two attached hydrogens (primary N) is 1. The number of nitrogens with one attached hydrogen (secondary N) is 1. The van der Waals surface area contributed by atoms with Gasteiger partial charge in [-0.3, -0.25) is 4.72 Å². The third-order valence-electron chi connectivity index (χ3n) is 5.29. The van der Waals surface area contributed by atoms with Crippen LogP contribution in [0.5, 0.6) is 0 Å². The molecule has 0 amide bonds. The minimum Gasteiger partial charge on any atom is -0.368 e. The van der Waals surface area contributed by atoms with Crippen LogP contribution in [0.4, 0.5) is 29.2 Å². The fraction of sp³-hybridized carbons (Fsp3) is 0. The SMILES string of the molecule is Nc1nccc(-c2sc(-c3cccc(F)c3)nc2-c2cccc(NS(=O)(=O)c3c(F)cccc3F)c2F)n1. The number of benzene rings is 3. The van der Waals surface area contributed by atoms with E-state index in [1.54, 1.807) is 6.07 Å². The van der Waals surface area contributed by atoms with E-state index in [-0.39, 0.29) is 17.2 Å². The van der Waals surface area contributed by atoms with Gasteiger partial charge in [-0.05, 0) is 42.5 Å². The Morgan fingerprint density at radius 2 is 1.58 bits per heavy atom. The van der Waals surface area contributed by atoms with Crippen molar-refractivity contribution < 1.29 is 26.0 Å². The summed E-state index contributed by atoms with van der Waals surface area (Å²) in [5, 5.41) is 0.325. The molecule has 5 rings (SSSR count). The summed E-state index contributed by atoms with van der Waals surface area (Å²) in [5.74, 6) is -4.29. The van der Waals surface area contributed by atoms with E-state index >= 15 is 4.39 Å². The summed E-state index contributed by atoms with van der Waals surface area (Å²) in [7, 11) is -4.84. The van der Waals surface area contributed by atoms with Gasteiger partial charge in [-0.25, -0.2) is 40.9 Å². The molecule has 2 heterocycles. The van der Waals surface area contributed by atoms with E-state index in [0.717, 1.165) is 35.6 Å². The van der Waals surface area contributed by atoms with Crippen molar-refractivity contribution in [2.75, 3.05) is 10.5 Å². The Hall–Kier alpha value is -4.36. The van der Waals surface area contributed by atoms with Gasteiger partial charge in [0.2, 0.25) is 5.95 Å². The van der Waals surface area contributed by atoms with Crippen molar-refractivity contribution in [2.45, 2.75) is 4.90 Å². The van der Waals surface area contributed by atoms with Crippen LogP contribution >= 0.6 is 11.3 Å². The number of anilines is 2. The fourth-order valence-corrected chi connectivity index (χ4v) is 5.89. The first-order chi connectivity index (χ1) is 18.1. The van der Waals surface area contributed by atoms with Crippen LogP contribution < -0.4 is 10.5 Å². The molecule has 7 nitrogen and oxygen atoms in total. The molecule has 3 aromatic carbocycles. The number of nitrogen functional groups attached to an aromatic ring is 1. The Kier molecular flexibility index (Phi) is 6.55. The molecule has 13 heteroatoms. The van der Waals surface area contributed by atoms with E-state index in [1.807, 2.05) is 4.72 Å². The van der Waals surface area contributed by atoms with Crippen LogP contribution in [0.3, 0.4) is 0 Å². The first kappa shape index (κ1) is 25.3. The molecule has 38 heavy (non-hydrogen) atoms. The Morgan fingerprint density at radius 1 is 0.868 bits per heavy atom. The average Bonchev–Trinajstić information content (AvgIpc) is 3.30. The van der Waals surface area contributed by atoms with Crippen LogP contribution in [0.2, 0.25) is 0 Å². The van der Waals surface area contributed by atoms with Gasteiger partial charge in [-0.15, -0.1) is 11.3 Å². The highest BCUT2D eigenvalue weighted by atomic mass is 32.2. The number of nitrogens with zero attached hydrogens (tertiary/aromatic N) is 3. The molecule has 0 aliphatic rings. The van der Waals surface area contributed by atoms with Gasteiger partial charge in [0.05, 0.1) is 22.0 Å². The zero-order valence-corrected chi connectivity index (χ0v) is 20.6. The number of aromatic nitrogens is 3. The van der Waals surface area contributed by atoms with Crippen LogP contribution in [0.1, 0.15) is 0 Å². The molecule has 192 valence electrons. The van der Waals surface area contributed by atoms with E-state index in [2.05, 4.69) is 15.0 Å². The number of rotatable bonds is 6. The Bertz CT molecular complexity index is 1770. The predicted octanol–water partition coefficient (Wildman–Crippen LogP) is 5.87. The highest BCUT2D eigenvalue weighted by Gasteiger charge is 2.27. The topological polar surface area (TPSA) is 111 Å².